The molecule has 0 amide bonds. The molecule has 0 bridgehead atoms. The molecule has 0 aromatic heterocycles. The molecule has 1 unspecified atom stereocenters. The highest BCUT2D eigenvalue weighted by Gasteiger charge is 2.31. The van der Waals surface area contributed by atoms with E-state index in [9.17, 15) is 0 Å². The number of hydrogen-bond donors (Lipinski definition) is 0. The van der Waals surface area contributed by atoms with E-state index in [0.717, 1.165) is 0 Å². The van der Waals surface area contributed by atoms with Crippen molar-refractivity contribution >= 4 is 0 Å². The fourth-order valence-electron chi connectivity index (χ4n) is 2.13. The van der Waals surface area contributed by atoms with Crippen molar-refractivity contribution in [3.05, 3.63) is 11.3 Å². The van der Waals surface area contributed by atoms with Gasteiger partial charge in [-0.1, -0.05) is 18.5 Å². The quantitative estimate of drug-likeness (QED) is 0.509. The fraction of sp³-hybridized carbons (Fsp3) is 0.818. The highest BCUT2D eigenvalue weighted by molar-refractivity contribution is 5.18. The van der Waals surface area contributed by atoms with E-state index < -0.39 is 0 Å². The molecule has 0 aromatic rings. The molecule has 0 spiro atoms. The molecule has 13 heavy (non-hydrogen) atoms. The molecule has 0 radical (unpaired) electrons. The second-order valence-corrected chi connectivity index (χ2v) is 3.49. The first-order valence-electron chi connectivity index (χ1n) is 5.45. The maximum absolute atomic E-state index is 4.49. The van der Waals surface area contributed by atoms with E-state index in [1.54, 1.807) is 5.57 Å². The van der Waals surface area contributed by atoms with Gasteiger partial charge in [-0.05, 0) is 31.3 Å². The van der Waals surface area contributed by atoms with Crippen LogP contribution in [0.1, 0.15) is 46.5 Å². The second kappa shape index (κ2) is 4.54. The van der Waals surface area contributed by atoms with Crippen molar-refractivity contribution < 1.29 is 4.70 Å². The van der Waals surface area contributed by atoms with Crippen molar-refractivity contribution in [3.8, 4) is 0 Å². The van der Waals surface area contributed by atoms with E-state index in [0.29, 0.717) is 6.04 Å². The van der Waals surface area contributed by atoms with Gasteiger partial charge in [0, 0.05) is 12.0 Å². The van der Waals surface area contributed by atoms with Gasteiger partial charge >= 0.3 is 0 Å². The van der Waals surface area contributed by atoms with E-state index in [-0.39, 0.29) is 0 Å². The molecule has 0 N–H and O–H groups in total. The molecule has 0 aromatic carbocycles. The number of rotatable bonds is 0. The highest BCUT2D eigenvalue weighted by atomic mass is 15.3. The topological polar surface area (TPSA) is 15.4 Å². The van der Waals surface area contributed by atoms with Gasteiger partial charge in [0.2, 0.25) is 5.70 Å². The van der Waals surface area contributed by atoms with Crippen molar-refractivity contribution in [1.29, 1.82) is 0 Å². The molecule has 2 rings (SSSR count). The predicted octanol–water partition coefficient (Wildman–Crippen LogP) is 3.34. The molecule has 1 aliphatic carbocycles. The molecule has 0 saturated carbocycles. The Morgan fingerprint density at radius 3 is 2.46 bits per heavy atom. The Morgan fingerprint density at radius 2 is 1.85 bits per heavy atom. The maximum Gasteiger partial charge on any atom is 0.209 e. The molecule has 74 valence electrons. The normalized spacial score (nSPS) is 26.2. The summed E-state index contributed by atoms with van der Waals surface area (Å²) in [5.41, 5.74) is 3.10. The number of hydrogen-bond acceptors (Lipinski definition) is 1. The average molecular weight is 181 g/mol. The van der Waals surface area contributed by atoms with Crippen molar-refractivity contribution in [3.63, 3.8) is 0 Å². The second-order valence-electron chi connectivity index (χ2n) is 3.49. The van der Waals surface area contributed by atoms with Gasteiger partial charge in [0.1, 0.15) is 6.04 Å². The zero-order valence-corrected chi connectivity index (χ0v) is 9.30. The van der Waals surface area contributed by atoms with Crippen LogP contribution in [0.3, 0.4) is 0 Å². The zero-order valence-electron chi connectivity index (χ0n) is 9.30. The first kappa shape index (κ1) is 10.4. The molecule has 2 nitrogen and oxygen atoms in total. The minimum absolute atomic E-state index is 0.468. The average Bonchev–Trinajstić information content (AvgIpc) is 2.47. The molecule has 2 heteroatoms. The fourth-order valence-corrected chi connectivity index (χ4v) is 2.13. The minimum atomic E-state index is 0.468. The molecule has 0 saturated heterocycles. The van der Waals surface area contributed by atoms with Crippen molar-refractivity contribution in [2.75, 3.05) is 7.05 Å². The Bertz CT molecular complexity index is 238. The number of nitrogens with zero attached hydrogens (tertiary/aromatic N) is 2. The summed E-state index contributed by atoms with van der Waals surface area (Å²) >= 11 is 0. The summed E-state index contributed by atoms with van der Waals surface area (Å²) in [4.78, 5) is 0. The lowest BCUT2D eigenvalue weighted by molar-refractivity contribution is -0.515. The first-order valence-corrected chi connectivity index (χ1v) is 5.45. The Morgan fingerprint density at radius 1 is 1.23 bits per heavy atom. The molecule has 1 aliphatic heterocycles. The SMILES string of the molecule is CC.CC1N=[N+](C)C2=C1CCCC2. The van der Waals surface area contributed by atoms with Crippen LogP contribution in [-0.2, 0) is 0 Å². The van der Waals surface area contributed by atoms with Crippen LogP contribution in [0, 0.1) is 0 Å². The van der Waals surface area contributed by atoms with Crippen LogP contribution in [0.25, 0.3) is 0 Å². The Balaban J connectivity index is 0.000000396. The lowest BCUT2D eigenvalue weighted by atomic mass is 9.93. The van der Waals surface area contributed by atoms with Crippen LogP contribution in [0.15, 0.2) is 16.4 Å². The summed E-state index contributed by atoms with van der Waals surface area (Å²) in [6.45, 7) is 6.20. The summed E-state index contributed by atoms with van der Waals surface area (Å²) in [6.07, 6.45) is 5.25. The standard InChI is InChI=1S/C9H15N2.C2H6/c1-7-8-5-3-4-6-9(8)11(2)10-7;1-2/h7H,3-6H2,1-2H3;1-2H3/q+1;. The third-order valence-electron chi connectivity index (χ3n) is 2.72. The van der Waals surface area contributed by atoms with Gasteiger partial charge in [0.15, 0.2) is 7.05 Å². The van der Waals surface area contributed by atoms with Gasteiger partial charge in [-0.15, -0.1) is 0 Å². The molecular weight excluding hydrogens is 160 g/mol. The van der Waals surface area contributed by atoms with Gasteiger partial charge in [-0.3, -0.25) is 0 Å². The summed E-state index contributed by atoms with van der Waals surface area (Å²) < 4.78 is 2.08. The summed E-state index contributed by atoms with van der Waals surface area (Å²) in [6, 6.07) is 0.468. The number of allylic oxidation sites excluding steroid dienone is 1. The monoisotopic (exact) mass is 181 g/mol. The Labute approximate surface area is 81.3 Å². The summed E-state index contributed by atoms with van der Waals surface area (Å²) in [5, 5.41) is 4.49. The summed E-state index contributed by atoms with van der Waals surface area (Å²) in [5.74, 6) is 0. The first-order chi connectivity index (χ1) is 6.29. The van der Waals surface area contributed by atoms with Gasteiger partial charge < -0.3 is 0 Å². The minimum Gasteiger partial charge on any atom is -0.0953 e. The lowest BCUT2D eigenvalue weighted by Gasteiger charge is -2.09. The predicted molar refractivity (Wildman–Crippen MR) is 54.9 cm³/mol. The third kappa shape index (κ3) is 1.98. The van der Waals surface area contributed by atoms with Crippen LogP contribution in [0.2, 0.25) is 0 Å². The number of azo groups is 2. The largest absolute Gasteiger partial charge is 0.209 e. The molecule has 2 aliphatic rings. The highest BCUT2D eigenvalue weighted by Crippen LogP contribution is 2.32. The van der Waals surface area contributed by atoms with Crippen LogP contribution in [-0.4, -0.2) is 17.8 Å². The van der Waals surface area contributed by atoms with Gasteiger partial charge in [-0.2, -0.15) is 0 Å². The smallest absolute Gasteiger partial charge is 0.0953 e. The van der Waals surface area contributed by atoms with Gasteiger partial charge in [0.05, 0.1) is 0 Å². The van der Waals surface area contributed by atoms with Gasteiger partial charge in [-0.25, -0.2) is 0 Å². The third-order valence-corrected chi connectivity index (χ3v) is 2.72. The molecule has 0 fully saturated rings. The van der Waals surface area contributed by atoms with E-state index in [4.69, 9.17) is 0 Å². The van der Waals surface area contributed by atoms with Crippen LogP contribution < -0.4 is 0 Å². The van der Waals surface area contributed by atoms with Crippen molar-refractivity contribution in [2.45, 2.75) is 52.5 Å². The van der Waals surface area contributed by atoms with E-state index >= 15 is 0 Å². The maximum atomic E-state index is 4.49. The zero-order chi connectivity index (χ0) is 9.84. The Kier molecular flexibility index (Phi) is 3.64. The van der Waals surface area contributed by atoms with Crippen LogP contribution in [0.4, 0.5) is 0 Å². The molecular formula is C11H21N2+. The van der Waals surface area contributed by atoms with Crippen LogP contribution >= 0.6 is 0 Å². The van der Waals surface area contributed by atoms with E-state index in [2.05, 4.69) is 23.8 Å². The van der Waals surface area contributed by atoms with Crippen LogP contribution in [0.5, 0.6) is 0 Å². The van der Waals surface area contributed by atoms with Crippen molar-refractivity contribution in [2.24, 2.45) is 5.11 Å². The van der Waals surface area contributed by atoms with Crippen molar-refractivity contribution in [1.82, 2.24) is 0 Å². The summed E-state index contributed by atoms with van der Waals surface area (Å²) in [7, 11) is 2.07. The van der Waals surface area contributed by atoms with Gasteiger partial charge in [0.25, 0.3) is 0 Å². The van der Waals surface area contributed by atoms with E-state index in [1.165, 1.54) is 31.4 Å². The van der Waals surface area contributed by atoms with E-state index in [1.807, 2.05) is 13.8 Å². The molecule has 1 atom stereocenters. The Hall–Kier alpha value is -0.660. The lowest BCUT2D eigenvalue weighted by Crippen LogP contribution is -2.06. The molecule has 1 heterocycles.